The van der Waals surface area contributed by atoms with Crippen molar-refractivity contribution in [3.8, 4) is 0 Å². The summed E-state index contributed by atoms with van der Waals surface area (Å²) in [4.78, 5) is 18.1. The van der Waals surface area contributed by atoms with E-state index in [9.17, 15) is 4.79 Å². The molecule has 0 unspecified atom stereocenters. The Balaban J connectivity index is 1.93. The molecular weight excluding hydrogens is 294 g/mol. The molecule has 0 fully saturated rings. The van der Waals surface area contributed by atoms with Gasteiger partial charge in [0.1, 0.15) is 4.47 Å². The van der Waals surface area contributed by atoms with Gasteiger partial charge in [-0.1, -0.05) is 6.07 Å². The minimum Gasteiger partial charge on any atom is -0.339 e. The Hall–Kier alpha value is -1.62. The van der Waals surface area contributed by atoms with E-state index in [1.807, 2.05) is 6.07 Å². The van der Waals surface area contributed by atoms with Gasteiger partial charge in [-0.25, -0.2) is 4.98 Å². The lowest BCUT2D eigenvalue weighted by molar-refractivity contribution is 0.912. The molecule has 0 aliphatic heterocycles. The highest BCUT2D eigenvalue weighted by Crippen LogP contribution is 2.27. The number of benzene rings is 1. The molecule has 3 rings (SSSR count). The maximum Gasteiger partial charge on any atom is 0.267 e. The highest BCUT2D eigenvalue weighted by molar-refractivity contribution is 9.10. The van der Waals surface area contributed by atoms with Gasteiger partial charge in [-0.3, -0.25) is 4.79 Å². The van der Waals surface area contributed by atoms with E-state index >= 15 is 0 Å². The summed E-state index contributed by atoms with van der Waals surface area (Å²) in [6.45, 7) is 0. The van der Waals surface area contributed by atoms with E-state index < -0.39 is 0 Å². The SMILES string of the molecule is O=c1[nH]cnc(Nc2ccc3c(c2)CCC3)c1Br. The van der Waals surface area contributed by atoms with Crippen LogP contribution in [0.3, 0.4) is 0 Å². The summed E-state index contributed by atoms with van der Waals surface area (Å²) in [5, 5.41) is 3.16. The Morgan fingerprint density at radius 2 is 2.11 bits per heavy atom. The summed E-state index contributed by atoms with van der Waals surface area (Å²) in [5.41, 5.74) is 3.60. The number of fused-ring (bicyclic) bond motifs is 1. The second-order valence-electron chi connectivity index (χ2n) is 4.36. The molecule has 1 aromatic heterocycles. The van der Waals surface area contributed by atoms with Crippen LogP contribution in [0.2, 0.25) is 0 Å². The van der Waals surface area contributed by atoms with Gasteiger partial charge in [0.15, 0.2) is 5.82 Å². The van der Waals surface area contributed by atoms with Gasteiger partial charge in [-0.15, -0.1) is 0 Å². The standard InChI is InChI=1S/C13H12BrN3O/c14-11-12(15-7-16-13(11)18)17-10-5-4-8-2-1-3-9(8)6-10/h4-7H,1-3H2,(H2,15,16,17,18). The monoisotopic (exact) mass is 305 g/mol. The van der Waals surface area contributed by atoms with Crippen molar-refractivity contribution in [2.45, 2.75) is 19.3 Å². The lowest BCUT2D eigenvalue weighted by Gasteiger charge is -2.08. The zero-order valence-corrected chi connectivity index (χ0v) is 11.3. The van der Waals surface area contributed by atoms with Crippen molar-refractivity contribution in [2.24, 2.45) is 0 Å². The van der Waals surface area contributed by atoms with Crippen LogP contribution >= 0.6 is 15.9 Å². The number of anilines is 2. The number of hydrogen-bond donors (Lipinski definition) is 2. The van der Waals surface area contributed by atoms with Crippen LogP contribution in [0.4, 0.5) is 11.5 Å². The van der Waals surface area contributed by atoms with Crippen LogP contribution in [0.5, 0.6) is 0 Å². The quantitative estimate of drug-likeness (QED) is 0.897. The first-order valence-corrected chi connectivity index (χ1v) is 6.65. The molecule has 2 N–H and O–H groups in total. The number of rotatable bonds is 2. The van der Waals surface area contributed by atoms with Crippen LogP contribution in [0, 0.1) is 0 Å². The first kappa shape index (κ1) is 11.5. The summed E-state index contributed by atoms with van der Waals surface area (Å²) in [6.07, 6.45) is 4.92. The summed E-state index contributed by atoms with van der Waals surface area (Å²) in [6, 6.07) is 6.31. The molecular formula is C13H12BrN3O. The molecule has 0 radical (unpaired) electrons. The molecule has 0 bridgehead atoms. The third kappa shape index (κ3) is 2.06. The Bertz CT molecular complexity index is 651. The zero-order chi connectivity index (χ0) is 12.5. The number of aryl methyl sites for hydroxylation is 2. The first-order valence-electron chi connectivity index (χ1n) is 5.86. The predicted octanol–water partition coefficient (Wildman–Crippen LogP) is 2.76. The van der Waals surface area contributed by atoms with Crippen LogP contribution < -0.4 is 10.9 Å². The van der Waals surface area contributed by atoms with Gasteiger partial charge in [-0.05, 0) is 58.5 Å². The predicted molar refractivity (Wildman–Crippen MR) is 74.3 cm³/mol. The molecule has 4 nitrogen and oxygen atoms in total. The van der Waals surface area contributed by atoms with Gasteiger partial charge >= 0.3 is 0 Å². The minimum atomic E-state index is -0.186. The van der Waals surface area contributed by atoms with Gasteiger partial charge in [0.05, 0.1) is 6.33 Å². The number of aromatic nitrogens is 2. The number of H-pyrrole nitrogens is 1. The lowest BCUT2D eigenvalue weighted by atomic mass is 10.1. The number of nitrogens with zero attached hydrogens (tertiary/aromatic N) is 1. The fourth-order valence-corrected chi connectivity index (χ4v) is 2.57. The summed E-state index contributed by atoms with van der Waals surface area (Å²) < 4.78 is 0.422. The minimum absolute atomic E-state index is 0.186. The van der Waals surface area contributed by atoms with E-state index in [1.165, 1.54) is 30.3 Å². The summed E-state index contributed by atoms with van der Waals surface area (Å²) in [7, 11) is 0. The van der Waals surface area contributed by atoms with E-state index in [1.54, 1.807) is 0 Å². The Labute approximate surface area is 113 Å². The molecule has 0 amide bonds. The van der Waals surface area contributed by atoms with E-state index in [-0.39, 0.29) is 5.56 Å². The van der Waals surface area contributed by atoms with Crippen LogP contribution in [0.25, 0.3) is 0 Å². The topological polar surface area (TPSA) is 57.8 Å². The molecule has 0 saturated carbocycles. The van der Waals surface area contributed by atoms with Crippen LogP contribution in [0.1, 0.15) is 17.5 Å². The molecule has 92 valence electrons. The highest BCUT2D eigenvalue weighted by atomic mass is 79.9. The van der Waals surface area contributed by atoms with Gasteiger partial charge in [0, 0.05) is 5.69 Å². The molecule has 5 heteroatoms. The summed E-state index contributed by atoms with van der Waals surface area (Å²) in [5.74, 6) is 0.539. The molecule has 1 heterocycles. The van der Waals surface area contributed by atoms with Crippen molar-refractivity contribution in [2.75, 3.05) is 5.32 Å². The highest BCUT2D eigenvalue weighted by Gasteiger charge is 2.12. The van der Waals surface area contributed by atoms with Crippen molar-refractivity contribution < 1.29 is 0 Å². The van der Waals surface area contributed by atoms with Gasteiger partial charge in [-0.2, -0.15) is 0 Å². The van der Waals surface area contributed by atoms with E-state index in [0.717, 1.165) is 12.1 Å². The molecule has 1 aromatic carbocycles. The third-order valence-electron chi connectivity index (χ3n) is 3.16. The molecule has 18 heavy (non-hydrogen) atoms. The van der Waals surface area contributed by atoms with Crippen molar-refractivity contribution in [3.05, 3.63) is 50.5 Å². The Morgan fingerprint density at radius 3 is 3.00 bits per heavy atom. The third-order valence-corrected chi connectivity index (χ3v) is 3.89. The summed E-state index contributed by atoms with van der Waals surface area (Å²) >= 11 is 3.23. The smallest absolute Gasteiger partial charge is 0.267 e. The average molecular weight is 306 g/mol. The Kier molecular flexibility index (Phi) is 2.91. The second kappa shape index (κ2) is 4.57. The van der Waals surface area contributed by atoms with Crippen molar-refractivity contribution in [1.29, 1.82) is 0 Å². The van der Waals surface area contributed by atoms with Crippen molar-refractivity contribution in [1.82, 2.24) is 9.97 Å². The van der Waals surface area contributed by atoms with Crippen molar-refractivity contribution in [3.63, 3.8) is 0 Å². The van der Waals surface area contributed by atoms with E-state index in [2.05, 4.69) is 43.3 Å². The zero-order valence-electron chi connectivity index (χ0n) is 9.66. The van der Waals surface area contributed by atoms with E-state index in [4.69, 9.17) is 0 Å². The lowest BCUT2D eigenvalue weighted by Crippen LogP contribution is -2.10. The second-order valence-corrected chi connectivity index (χ2v) is 5.15. The molecule has 0 atom stereocenters. The first-order chi connectivity index (χ1) is 8.74. The largest absolute Gasteiger partial charge is 0.339 e. The molecule has 2 aromatic rings. The number of nitrogens with one attached hydrogen (secondary N) is 2. The van der Waals surface area contributed by atoms with Crippen LogP contribution in [-0.4, -0.2) is 9.97 Å². The molecule has 1 aliphatic carbocycles. The van der Waals surface area contributed by atoms with Crippen LogP contribution in [0.15, 0.2) is 33.8 Å². The van der Waals surface area contributed by atoms with Gasteiger partial charge in [0.2, 0.25) is 0 Å². The number of aromatic amines is 1. The maximum atomic E-state index is 11.4. The number of halogens is 1. The maximum absolute atomic E-state index is 11.4. The van der Waals surface area contributed by atoms with Crippen molar-refractivity contribution >= 4 is 27.4 Å². The fourth-order valence-electron chi connectivity index (χ4n) is 2.26. The molecule has 1 aliphatic rings. The van der Waals surface area contributed by atoms with Crippen LogP contribution in [-0.2, 0) is 12.8 Å². The van der Waals surface area contributed by atoms with E-state index in [0.29, 0.717) is 10.3 Å². The Morgan fingerprint density at radius 1 is 1.28 bits per heavy atom. The average Bonchev–Trinajstić information content (AvgIpc) is 2.82. The number of hydrogen-bond acceptors (Lipinski definition) is 3. The normalized spacial score (nSPS) is 13.4. The van der Waals surface area contributed by atoms with Gasteiger partial charge < -0.3 is 10.3 Å². The van der Waals surface area contributed by atoms with Gasteiger partial charge in [0.25, 0.3) is 5.56 Å². The fraction of sp³-hybridized carbons (Fsp3) is 0.231. The molecule has 0 saturated heterocycles. The molecule has 0 spiro atoms.